The highest BCUT2D eigenvalue weighted by Gasteiger charge is 2.10. The van der Waals surface area contributed by atoms with Crippen LogP contribution in [0.5, 0.6) is 0 Å². The molecule has 1 atom stereocenters. The van der Waals surface area contributed by atoms with Crippen molar-refractivity contribution in [1.29, 1.82) is 0 Å². The van der Waals surface area contributed by atoms with E-state index in [1.54, 1.807) is 0 Å². The predicted octanol–water partition coefficient (Wildman–Crippen LogP) is 2.96. The van der Waals surface area contributed by atoms with Crippen LogP contribution in [0.15, 0.2) is 4.99 Å². The number of rotatable bonds is 0. The van der Waals surface area contributed by atoms with E-state index in [1.807, 2.05) is 11.8 Å². The number of hydrogen-bond acceptors (Lipinski definition) is 2. The Hall–Kier alpha value is 0.0200. The fourth-order valence-corrected chi connectivity index (χ4v) is 2.21. The van der Waals surface area contributed by atoms with Gasteiger partial charge in [0.05, 0.1) is 5.04 Å². The van der Waals surface area contributed by atoms with Gasteiger partial charge in [0, 0.05) is 12.5 Å². The minimum atomic E-state index is 0.713. The summed E-state index contributed by atoms with van der Waals surface area (Å²) in [6, 6.07) is 0. The normalized spacial score (nSPS) is 27.1. The zero-order valence-corrected chi connectivity index (χ0v) is 8.28. The van der Waals surface area contributed by atoms with Gasteiger partial charge in [-0.05, 0) is 19.1 Å². The summed E-state index contributed by atoms with van der Waals surface area (Å²) in [4.78, 5) is 4.56. The molecule has 0 saturated heterocycles. The van der Waals surface area contributed by atoms with Gasteiger partial charge in [-0.1, -0.05) is 19.8 Å². The Morgan fingerprint density at radius 3 is 2.91 bits per heavy atom. The number of hydrogen-bond donors (Lipinski definition) is 0. The van der Waals surface area contributed by atoms with Crippen molar-refractivity contribution < 1.29 is 0 Å². The monoisotopic (exact) mass is 171 g/mol. The fraction of sp³-hybridized carbons (Fsp3) is 0.889. The summed E-state index contributed by atoms with van der Waals surface area (Å²) in [5.74, 6) is 0.713. The summed E-state index contributed by atoms with van der Waals surface area (Å²) in [5.41, 5.74) is 0. The molecule has 0 saturated carbocycles. The van der Waals surface area contributed by atoms with Crippen LogP contribution in [0.4, 0.5) is 0 Å². The summed E-state index contributed by atoms with van der Waals surface area (Å²) >= 11 is 1.83. The van der Waals surface area contributed by atoms with Gasteiger partial charge in [0.15, 0.2) is 0 Å². The van der Waals surface area contributed by atoms with Gasteiger partial charge >= 0.3 is 0 Å². The average Bonchev–Trinajstić information content (AvgIpc) is 1.98. The summed E-state index contributed by atoms with van der Waals surface area (Å²) in [6.07, 6.45) is 7.52. The van der Waals surface area contributed by atoms with Crippen LogP contribution in [0.1, 0.15) is 32.6 Å². The van der Waals surface area contributed by atoms with Crippen molar-refractivity contribution in [3.05, 3.63) is 0 Å². The number of thioether (sulfide) groups is 1. The second kappa shape index (κ2) is 4.81. The summed E-state index contributed by atoms with van der Waals surface area (Å²) in [6.45, 7) is 3.35. The summed E-state index contributed by atoms with van der Waals surface area (Å²) in [5, 5.41) is 1.37. The topological polar surface area (TPSA) is 12.4 Å². The number of nitrogens with zero attached hydrogens (tertiary/aromatic N) is 1. The lowest BCUT2D eigenvalue weighted by Gasteiger charge is -2.15. The quantitative estimate of drug-likeness (QED) is 0.546. The zero-order chi connectivity index (χ0) is 8.10. The van der Waals surface area contributed by atoms with Crippen molar-refractivity contribution >= 4 is 16.8 Å². The van der Waals surface area contributed by atoms with Crippen molar-refractivity contribution in [2.75, 3.05) is 12.8 Å². The van der Waals surface area contributed by atoms with Crippen LogP contribution in [0.25, 0.3) is 0 Å². The van der Waals surface area contributed by atoms with Crippen LogP contribution < -0.4 is 0 Å². The average molecular weight is 171 g/mol. The third-order valence-electron chi connectivity index (χ3n) is 2.19. The molecule has 0 aromatic rings. The third-order valence-corrected chi connectivity index (χ3v) is 3.14. The maximum Gasteiger partial charge on any atom is 0.0701 e. The van der Waals surface area contributed by atoms with Gasteiger partial charge in [-0.15, -0.1) is 11.8 Å². The number of aliphatic imine (C=N–C) groups is 1. The molecule has 0 aromatic carbocycles. The van der Waals surface area contributed by atoms with Crippen molar-refractivity contribution in [2.24, 2.45) is 10.9 Å². The predicted molar refractivity (Wildman–Crippen MR) is 53.4 cm³/mol. The first-order valence-corrected chi connectivity index (χ1v) is 5.65. The second-order valence-electron chi connectivity index (χ2n) is 3.17. The largest absolute Gasteiger partial charge is 0.283 e. The Morgan fingerprint density at radius 2 is 2.18 bits per heavy atom. The highest BCUT2D eigenvalue weighted by molar-refractivity contribution is 8.13. The SMILES string of the molecule is CSC1=NCCCCCC1C. The molecule has 0 bridgehead atoms. The van der Waals surface area contributed by atoms with E-state index < -0.39 is 0 Å². The molecule has 11 heavy (non-hydrogen) atoms. The van der Waals surface area contributed by atoms with Crippen LogP contribution >= 0.6 is 11.8 Å². The maximum absolute atomic E-state index is 4.56. The molecule has 1 rings (SSSR count). The molecule has 1 nitrogen and oxygen atoms in total. The molecule has 0 fully saturated rings. The minimum absolute atomic E-state index is 0.713. The highest BCUT2D eigenvalue weighted by Crippen LogP contribution is 2.19. The Labute approximate surface area is 73.7 Å². The molecule has 0 N–H and O–H groups in total. The van der Waals surface area contributed by atoms with Gasteiger partial charge in [0.1, 0.15) is 0 Å². The van der Waals surface area contributed by atoms with Crippen LogP contribution in [-0.4, -0.2) is 17.8 Å². The molecule has 0 amide bonds. The van der Waals surface area contributed by atoms with Crippen LogP contribution in [0.2, 0.25) is 0 Å². The molecule has 2 heteroatoms. The Morgan fingerprint density at radius 1 is 1.36 bits per heavy atom. The lowest BCUT2D eigenvalue weighted by Crippen LogP contribution is -2.09. The van der Waals surface area contributed by atoms with Crippen molar-refractivity contribution in [1.82, 2.24) is 0 Å². The van der Waals surface area contributed by atoms with E-state index in [9.17, 15) is 0 Å². The van der Waals surface area contributed by atoms with E-state index in [0.29, 0.717) is 5.92 Å². The van der Waals surface area contributed by atoms with Gasteiger partial charge < -0.3 is 0 Å². The lowest BCUT2D eigenvalue weighted by atomic mass is 10.0. The van der Waals surface area contributed by atoms with Crippen LogP contribution in [-0.2, 0) is 0 Å². The molecule has 0 aromatic heterocycles. The van der Waals surface area contributed by atoms with Crippen molar-refractivity contribution in [3.8, 4) is 0 Å². The smallest absolute Gasteiger partial charge is 0.0701 e. The van der Waals surface area contributed by atoms with E-state index in [1.165, 1.54) is 30.7 Å². The molecule has 1 unspecified atom stereocenters. The molecular formula is C9H17NS. The molecule has 1 aliphatic heterocycles. The van der Waals surface area contributed by atoms with Crippen molar-refractivity contribution in [3.63, 3.8) is 0 Å². The van der Waals surface area contributed by atoms with E-state index in [4.69, 9.17) is 0 Å². The van der Waals surface area contributed by atoms with E-state index >= 15 is 0 Å². The fourth-order valence-electron chi connectivity index (χ4n) is 1.47. The van der Waals surface area contributed by atoms with Gasteiger partial charge in [-0.3, -0.25) is 4.99 Å². The second-order valence-corrected chi connectivity index (χ2v) is 4.00. The van der Waals surface area contributed by atoms with E-state index in [-0.39, 0.29) is 0 Å². The Kier molecular flexibility index (Phi) is 3.98. The standard InChI is InChI=1S/C9H17NS/c1-8-6-4-3-5-7-10-9(8)11-2/h8H,3-7H2,1-2H3. The zero-order valence-electron chi connectivity index (χ0n) is 7.47. The molecular weight excluding hydrogens is 154 g/mol. The van der Waals surface area contributed by atoms with Crippen molar-refractivity contribution in [2.45, 2.75) is 32.6 Å². The Bertz CT molecular complexity index is 142. The van der Waals surface area contributed by atoms with Gasteiger partial charge in [-0.2, -0.15) is 0 Å². The molecule has 0 aliphatic carbocycles. The summed E-state index contributed by atoms with van der Waals surface area (Å²) in [7, 11) is 0. The van der Waals surface area contributed by atoms with Gasteiger partial charge in [0.2, 0.25) is 0 Å². The molecule has 0 radical (unpaired) electrons. The van der Waals surface area contributed by atoms with Gasteiger partial charge in [-0.25, -0.2) is 0 Å². The molecule has 1 aliphatic rings. The third kappa shape index (κ3) is 2.86. The minimum Gasteiger partial charge on any atom is -0.283 e. The van der Waals surface area contributed by atoms with E-state index in [2.05, 4.69) is 18.2 Å². The maximum atomic E-state index is 4.56. The first kappa shape index (κ1) is 9.11. The Balaban J connectivity index is 2.52. The summed E-state index contributed by atoms with van der Waals surface area (Å²) < 4.78 is 0. The highest BCUT2D eigenvalue weighted by atomic mass is 32.2. The van der Waals surface area contributed by atoms with Gasteiger partial charge in [0.25, 0.3) is 0 Å². The van der Waals surface area contributed by atoms with Crippen LogP contribution in [0.3, 0.4) is 0 Å². The first-order chi connectivity index (χ1) is 5.34. The first-order valence-electron chi connectivity index (χ1n) is 4.43. The lowest BCUT2D eigenvalue weighted by molar-refractivity contribution is 0.575. The van der Waals surface area contributed by atoms with E-state index in [0.717, 1.165) is 6.54 Å². The molecule has 64 valence electrons. The van der Waals surface area contributed by atoms with Crippen LogP contribution in [0, 0.1) is 5.92 Å². The molecule has 0 spiro atoms. The molecule has 1 heterocycles.